The number of para-hydroxylation sites is 2. The van der Waals surface area contributed by atoms with E-state index >= 15 is 0 Å². The summed E-state index contributed by atoms with van der Waals surface area (Å²) in [4.78, 5) is 36.1. The fourth-order valence-corrected chi connectivity index (χ4v) is 5.18. The van der Waals surface area contributed by atoms with E-state index in [1.807, 2.05) is 30.6 Å². The Hall–Kier alpha value is -2.78. The Morgan fingerprint density at radius 1 is 1.27 bits per heavy atom. The van der Waals surface area contributed by atoms with E-state index in [1.54, 1.807) is 0 Å². The Kier molecular flexibility index (Phi) is 5.70. The number of amides is 3. The number of imidazole rings is 1. The molecule has 4 heterocycles. The summed E-state index contributed by atoms with van der Waals surface area (Å²) in [6.45, 7) is 1.12. The lowest BCUT2D eigenvalue weighted by atomic mass is 10.0. The van der Waals surface area contributed by atoms with E-state index in [2.05, 4.69) is 24.6 Å². The van der Waals surface area contributed by atoms with E-state index in [4.69, 9.17) is 9.39 Å². The topological polar surface area (TPSA) is 155 Å². The fourth-order valence-electron chi connectivity index (χ4n) is 4.79. The number of piperidine rings is 1. The molecule has 178 valence electrons. The Morgan fingerprint density at radius 2 is 2.09 bits per heavy atom. The number of nitrogens with zero attached hydrogens (tertiary/aromatic N) is 4. The Labute approximate surface area is 189 Å². The summed E-state index contributed by atoms with van der Waals surface area (Å²) in [6.07, 6.45) is 3.29. The third-order valence-corrected chi connectivity index (χ3v) is 6.68. The fraction of sp³-hybridized carbons (Fsp3) is 0.526. The van der Waals surface area contributed by atoms with E-state index in [-0.39, 0.29) is 25.2 Å². The molecule has 3 aliphatic heterocycles. The summed E-state index contributed by atoms with van der Waals surface area (Å²) in [5, 5.41) is 3.98. The van der Waals surface area contributed by atoms with Gasteiger partial charge in [0.2, 0.25) is 0 Å². The molecule has 3 saturated heterocycles. The average Bonchev–Trinajstić information content (AvgIpc) is 3.47. The zero-order valence-corrected chi connectivity index (χ0v) is 18.3. The first-order valence-electron chi connectivity index (χ1n) is 10.6. The predicted octanol–water partition coefficient (Wildman–Crippen LogP) is -0.00990. The van der Waals surface area contributed by atoms with Gasteiger partial charge in [-0.2, -0.15) is 13.5 Å². The maximum atomic E-state index is 12.6. The number of hydrogen-bond donors (Lipinski definition) is 3. The lowest BCUT2D eigenvalue weighted by Crippen LogP contribution is -2.50. The number of carbonyl (C=O) groups excluding carboxylic acids is 2. The second-order valence-corrected chi connectivity index (χ2v) is 9.43. The molecule has 33 heavy (non-hydrogen) atoms. The van der Waals surface area contributed by atoms with Crippen molar-refractivity contribution in [3.05, 3.63) is 30.6 Å². The lowest BCUT2D eigenvalue weighted by molar-refractivity contribution is -0.139. The highest BCUT2D eigenvalue weighted by Crippen LogP contribution is 2.31. The summed E-state index contributed by atoms with van der Waals surface area (Å²) in [7, 11) is -4.83. The zero-order valence-electron chi connectivity index (χ0n) is 17.5. The molecule has 0 saturated carbocycles. The third-order valence-electron chi connectivity index (χ3n) is 6.33. The first-order valence-corrected chi connectivity index (χ1v) is 12.0. The van der Waals surface area contributed by atoms with Gasteiger partial charge in [0.25, 0.3) is 5.91 Å². The van der Waals surface area contributed by atoms with Crippen LogP contribution in [0.3, 0.4) is 0 Å². The quantitative estimate of drug-likeness (QED) is 0.366. The largest absolute Gasteiger partial charge is 0.418 e. The van der Waals surface area contributed by atoms with Gasteiger partial charge in [-0.15, -0.1) is 4.28 Å². The first-order chi connectivity index (χ1) is 15.8. The van der Waals surface area contributed by atoms with Gasteiger partial charge in [0.05, 0.1) is 30.0 Å². The number of aromatic nitrogens is 2. The number of nitrogens with one attached hydrogen (secondary N) is 2. The summed E-state index contributed by atoms with van der Waals surface area (Å²) < 4.78 is 37.3. The molecule has 2 unspecified atom stereocenters. The monoisotopic (exact) mass is 480 g/mol. The Balaban J connectivity index is 1.12. The molecule has 1 aromatic heterocycles. The van der Waals surface area contributed by atoms with Gasteiger partial charge in [0, 0.05) is 25.2 Å². The first kappa shape index (κ1) is 22.0. The van der Waals surface area contributed by atoms with Crippen molar-refractivity contribution in [2.45, 2.75) is 43.4 Å². The highest BCUT2D eigenvalue weighted by Gasteiger charge is 2.49. The number of rotatable bonds is 7. The summed E-state index contributed by atoms with van der Waals surface area (Å²) in [5.74, 6) is -0.495. The molecule has 3 aliphatic rings. The molecular formula is C19H24N6O7S. The van der Waals surface area contributed by atoms with Crippen LogP contribution in [0.5, 0.6) is 0 Å². The van der Waals surface area contributed by atoms with Gasteiger partial charge in [-0.05, 0) is 31.4 Å². The maximum Gasteiger partial charge on any atom is 0.418 e. The minimum Gasteiger partial charge on any atom is -0.326 e. The molecule has 2 bridgehead atoms. The van der Waals surface area contributed by atoms with Gasteiger partial charge >= 0.3 is 16.4 Å². The van der Waals surface area contributed by atoms with Crippen molar-refractivity contribution >= 4 is 33.4 Å². The molecule has 1 aromatic carbocycles. The molecule has 13 nitrogen and oxygen atoms in total. The molecule has 14 heteroatoms. The van der Waals surface area contributed by atoms with Crippen LogP contribution in [0.1, 0.15) is 25.3 Å². The lowest BCUT2D eigenvalue weighted by Gasteiger charge is -2.29. The van der Waals surface area contributed by atoms with E-state index in [1.165, 1.54) is 4.90 Å². The zero-order chi connectivity index (χ0) is 23.2. The summed E-state index contributed by atoms with van der Waals surface area (Å²) in [5.41, 5.74) is 4.41. The highest BCUT2D eigenvalue weighted by molar-refractivity contribution is 7.80. The van der Waals surface area contributed by atoms with E-state index < -0.39 is 34.4 Å². The van der Waals surface area contributed by atoms with Gasteiger partial charge in [-0.1, -0.05) is 12.1 Å². The standard InChI is InChI=1S/C19H24N6O7S/c26-18(17-6-5-13-9-23(17)19(27)25(13)32-33(28,29)30)22-31-10-12-7-14(8-20-12)24-11-21-15-3-1-2-4-16(15)24/h1-4,11-14,17,20H,5-10H2,(H,22,26)(H,28,29,30)/t12-,13?,14+,17?/m0/s1. The molecular weight excluding hydrogens is 456 g/mol. The van der Waals surface area contributed by atoms with Crippen LogP contribution in [0.15, 0.2) is 30.6 Å². The minimum absolute atomic E-state index is 0.0271. The molecule has 0 aliphatic carbocycles. The molecule has 0 spiro atoms. The number of carbonyl (C=O) groups is 2. The van der Waals surface area contributed by atoms with Gasteiger partial charge in [-0.25, -0.2) is 15.3 Å². The molecule has 5 rings (SSSR count). The van der Waals surface area contributed by atoms with Crippen molar-refractivity contribution in [1.82, 2.24) is 30.3 Å². The van der Waals surface area contributed by atoms with Crippen molar-refractivity contribution in [3.63, 3.8) is 0 Å². The summed E-state index contributed by atoms with van der Waals surface area (Å²) >= 11 is 0. The maximum absolute atomic E-state index is 12.6. The number of urea groups is 1. The Bertz CT molecular complexity index is 1170. The molecule has 2 aromatic rings. The molecule has 0 radical (unpaired) electrons. The number of hydroxylamine groups is 3. The van der Waals surface area contributed by atoms with Gasteiger partial charge in [0.1, 0.15) is 6.04 Å². The highest BCUT2D eigenvalue weighted by atomic mass is 32.3. The van der Waals surface area contributed by atoms with E-state index in [0.29, 0.717) is 17.9 Å². The molecule has 3 amide bonds. The van der Waals surface area contributed by atoms with E-state index in [9.17, 15) is 18.0 Å². The Morgan fingerprint density at radius 3 is 2.91 bits per heavy atom. The van der Waals surface area contributed by atoms with Crippen LogP contribution < -0.4 is 10.8 Å². The van der Waals surface area contributed by atoms with Crippen LogP contribution in [0.4, 0.5) is 4.79 Å². The van der Waals surface area contributed by atoms with Crippen LogP contribution in [0.2, 0.25) is 0 Å². The number of fused-ring (bicyclic) bond motifs is 3. The number of benzene rings is 1. The van der Waals surface area contributed by atoms with Gasteiger partial charge in [-0.3, -0.25) is 14.2 Å². The van der Waals surface area contributed by atoms with Crippen molar-refractivity contribution in [1.29, 1.82) is 0 Å². The van der Waals surface area contributed by atoms with Crippen LogP contribution in [-0.4, -0.2) is 82.2 Å². The average molecular weight is 481 g/mol. The SMILES string of the molecule is O=C(NOC[C@@H]1C[C@@H](n2cnc3ccccc32)CN1)C1CCC2CN1C(=O)N2OS(=O)(=O)O. The minimum atomic E-state index is -4.83. The van der Waals surface area contributed by atoms with Crippen LogP contribution in [-0.2, 0) is 24.3 Å². The smallest absolute Gasteiger partial charge is 0.326 e. The van der Waals surface area contributed by atoms with Crippen molar-refractivity contribution in [3.8, 4) is 0 Å². The molecule has 3 N–H and O–H groups in total. The van der Waals surface area contributed by atoms with Crippen molar-refractivity contribution < 1.29 is 31.7 Å². The van der Waals surface area contributed by atoms with Crippen molar-refractivity contribution in [2.75, 3.05) is 19.7 Å². The summed E-state index contributed by atoms with van der Waals surface area (Å²) in [6, 6.07) is 6.02. The number of hydrogen-bond acceptors (Lipinski definition) is 8. The molecule has 3 fully saturated rings. The van der Waals surface area contributed by atoms with Crippen molar-refractivity contribution in [2.24, 2.45) is 0 Å². The third kappa shape index (κ3) is 4.39. The van der Waals surface area contributed by atoms with Crippen LogP contribution >= 0.6 is 0 Å². The van der Waals surface area contributed by atoms with Gasteiger partial charge < -0.3 is 14.8 Å². The normalized spacial score (nSPS) is 27.5. The molecule has 4 atom stereocenters. The predicted molar refractivity (Wildman–Crippen MR) is 113 cm³/mol. The second-order valence-electron chi connectivity index (χ2n) is 8.42. The van der Waals surface area contributed by atoms with Crippen LogP contribution in [0, 0.1) is 0 Å². The van der Waals surface area contributed by atoms with Crippen LogP contribution in [0.25, 0.3) is 11.0 Å². The van der Waals surface area contributed by atoms with Gasteiger partial charge in [0.15, 0.2) is 0 Å². The van der Waals surface area contributed by atoms with E-state index in [0.717, 1.165) is 24.0 Å². The second kappa shape index (κ2) is 8.53.